The first-order chi connectivity index (χ1) is 13.5. The molecule has 4 aromatic rings. The maximum Gasteiger partial charge on any atom is 0.255 e. The number of benzene rings is 3. The molecular formula is C23H19N3O2. The predicted octanol–water partition coefficient (Wildman–Crippen LogP) is 4.79. The Morgan fingerprint density at radius 2 is 1.57 bits per heavy atom. The van der Waals surface area contributed by atoms with Crippen LogP contribution in [0.3, 0.4) is 0 Å². The molecule has 0 unspecified atom stereocenters. The normalized spacial score (nSPS) is 10.8. The lowest BCUT2D eigenvalue weighted by molar-refractivity contribution is 0.101. The lowest BCUT2D eigenvalue weighted by Gasteiger charge is -2.08. The molecule has 0 spiro atoms. The van der Waals surface area contributed by atoms with Crippen molar-refractivity contribution in [3.63, 3.8) is 0 Å². The molecule has 5 heteroatoms. The van der Waals surface area contributed by atoms with E-state index < -0.39 is 0 Å². The van der Waals surface area contributed by atoms with E-state index in [1.807, 2.05) is 43.3 Å². The molecular weight excluding hydrogens is 350 g/mol. The van der Waals surface area contributed by atoms with Crippen LogP contribution in [-0.2, 0) is 0 Å². The van der Waals surface area contributed by atoms with Gasteiger partial charge in [0.05, 0.1) is 11.0 Å². The monoisotopic (exact) mass is 369 g/mol. The summed E-state index contributed by atoms with van der Waals surface area (Å²) in [5.41, 5.74) is 4.53. The van der Waals surface area contributed by atoms with Crippen molar-refractivity contribution in [3.05, 3.63) is 89.7 Å². The molecule has 1 aromatic heterocycles. The van der Waals surface area contributed by atoms with E-state index in [4.69, 9.17) is 0 Å². The Labute approximate surface area is 162 Å². The summed E-state index contributed by atoms with van der Waals surface area (Å²) in [7, 11) is 0. The van der Waals surface area contributed by atoms with E-state index >= 15 is 0 Å². The van der Waals surface area contributed by atoms with Gasteiger partial charge < -0.3 is 5.32 Å². The van der Waals surface area contributed by atoms with Gasteiger partial charge in [-0.2, -0.15) is 0 Å². The Kier molecular flexibility index (Phi) is 4.49. The number of hydrogen-bond acceptors (Lipinski definition) is 3. The lowest BCUT2D eigenvalue weighted by Crippen LogP contribution is -2.12. The van der Waals surface area contributed by atoms with E-state index in [-0.39, 0.29) is 11.7 Å². The minimum Gasteiger partial charge on any atom is -0.322 e. The van der Waals surface area contributed by atoms with Crippen molar-refractivity contribution in [1.82, 2.24) is 9.55 Å². The van der Waals surface area contributed by atoms with E-state index in [1.54, 1.807) is 36.4 Å². The molecule has 5 nitrogen and oxygen atoms in total. The highest BCUT2D eigenvalue weighted by atomic mass is 16.1. The number of aromatic nitrogens is 2. The van der Waals surface area contributed by atoms with Crippen LogP contribution in [0.5, 0.6) is 0 Å². The van der Waals surface area contributed by atoms with Crippen molar-refractivity contribution in [2.45, 2.75) is 13.8 Å². The van der Waals surface area contributed by atoms with Crippen LogP contribution in [0.4, 0.5) is 5.69 Å². The van der Waals surface area contributed by atoms with Crippen molar-refractivity contribution in [3.8, 4) is 5.69 Å². The topological polar surface area (TPSA) is 64.0 Å². The van der Waals surface area contributed by atoms with Gasteiger partial charge in [0, 0.05) is 22.5 Å². The summed E-state index contributed by atoms with van der Waals surface area (Å²) < 4.78 is 2.07. The molecule has 138 valence electrons. The van der Waals surface area contributed by atoms with Gasteiger partial charge in [-0.1, -0.05) is 18.2 Å². The second-order valence-corrected chi connectivity index (χ2v) is 6.62. The zero-order chi connectivity index (χ0) is 19.7. The Morgan fingerprint density at radius 1 is 0.893 bits per heavy atom. The molecule has 1 heterocycles. The summed E-state index contributed by atoms with van der Waals surface area (Å²) in [6.45, 7) is 3.46. The van der Waals surface area contributed by atoms with Crippen LogP contribution in [0.1, 0.15) is 33.5 Å². The molecule has 4 rings (SSSR count). The minimum atomic E-state index is -0.218. The van der Waals surface area contributed by atoms with Crippen LogP contribution in [-0.4, -0.2) is 21.2 Å². The molecule has 3 aromatic carbocycles. The number of para-hydroxylation sites is 1. The molecule has 1 N–H and O–H groups in total. The average Bonchev–Trinajstić information content (AvgIpc) is 3.03. The van der Waals surface area contributed by atoms with E-state index in [2.05, 4.69) is 14.9 Å². The zero-order valence-corrected chi connectivity index (χ0v) is 15.6. The van der Waals surface area contributed by atoms with E-state index in [0.717, 1.165) is 22.5 Å². The Morgan fingerprint density at radius 3 is 2.25 bits per heavy atom. The van der Waals surface area contributed by atoms with E-state index in [0.29, 0.717) is 16.8 Å². The molecule has 0 aliphatic rings. The van der Waals surface area contributed by atoms with Gasteiger partial charge in [0.1, 0.15) is 5.82 Å². The molecule has 0 radical (unpaired) electrons. The fourth-order valence-electron chi connectivity index (χ4n) is 3.24. The SMILES string of the molecule is CC(=O)c1ccc(NC(=O)c2ccc3c(c2)nc(C)n3-c2ccccc2)cc1. The summed E-state index contributed by atoms with van der Waals surface area (Å²) in [5, 5.41) is 2.86. The minimum absolute atomic E-state index is 0.00676. The Bertz CT molecular complexity index is 1180. The van der Waals surface area contributed by atoms with Gasteiger partial charge in [-0.3, -0.25) is 14.2 Å². The first-order valence-corrected chi connectivity index (χ1v) is 9.00. The number of rotatable bonds is 4. The van der Waals surface area contributed by atoms with Gasteiger partial charge in [-0.25, -0.2) is 4.98 Å². The number of ketones is 1. The van der Waals surface area contributed by atoms with Crippen LogP contribution in [0.15, 0.2) is 72.8 Å². The van der Waals surface area contributed by atoms with E-state index in [9.17, 15) is 9.59 Å². The standard InChI is InChI=1S/C23H19N3O2/c1-15(27)17-8-11-19(12-9-17)25-23(28)18-10-13-22-21(14-18)24-16(2)26(22)20-6-4-3-5-7-20/h3-14H,1-2H3,(H,25,28). The van der Waals surface area contributed by atoms with Gasteiger partial charge in [0.15, 0.2) is 5.78 Å². The van der Waals surface area contributed by atoms with Crippen LogP contribution in [0, 0.1) is 6.92 Å². The van der Waals surface area contributed by atoms with Crippen molar-refractivity contribution in [2.75, 3.05) is 5.32 Å². The van der Waals surface area contributed by atoms with Gasteiger partial charge in [-0.05, 0) is 68.4 Å². The molecule has 0 fully saturated rings. The number of carbonyl (C=O) groups is 2. The third-order valence-corrected chi connectivity index (χ3v) is 4.65. The van der Waals surface area contributed by atoms with E-state index in [1.165, 1.54) is 6.92 Å². The molecule has 0 aliphatic carbocycles. The number of nitrogens with one attached hydrogen (secondary N) is 1. The number of anilines is 1. The summed E-state index contributed by atoms with van der Waals surface area (Å²) in [6, 6.07) is 22.3. The number of aryl methyl sites for hydroxylation is 1. The molecule has 0 saturated carbocycles. The van der Waals surface area contributed by atoms with Crippen LogP contribution >= 0.6 is 0 Å². The second kappa shape index (κ2) is 7.12. The van der Waals surface area contributed by atoms with Crippen LogP contribution < -0.4 is 5.32 Å². The fourth-order valence-corrected chi connectivity index (χ4v) is 3.24. The third kappa shape index (κ3) is 3.30. The number of hydrogen-bond donors (Lipinski definition) is 1. The van der Waals surface area contributed by atoms with Gasteiger partial charge in [-0.15, -0.1) is 0 Å². The number of fused-ring (bicyclic) bond motifs is 1. The molecule has 0 saturated heterocycles. The maximum absolute atomic E-state index is 12.6. The third-order valence-electron chi connectivity index (χ3n) is 4.65. The smallest absolute Gasteiger partial charge is 0.255 e. The lowest BCUT2D eigenvalue weighted by atomic mass is 10.1. The second-order valence-electron chi connectivity index (χ2n) is 6.62. The molecule has 1 amide bonds. The van der Waals surface area contributed by atoms with Crippen molar-refractivity contribution in [1.29, 1.82) is 0 Å². The maximum atomic E-state index is 12.6. The van der Waals surface area contributed by atoms with Crippen molar-refractivity contribution >= 4 is 28.4 Å². The molecule has 0 atom stereocenters. The van der Waals surface area contributed by atoms with Crippen molar-refractivity contribution < 1.29 is 9.59 Å². The number of nitrogens with zero attached hydrogens (tertiary/aromatic N) is 2. The highest BCUT2D eigenvalue weighted by Gasteiger charge is 2.13. The highest BCUT2D eigenvalue weighted by Crippen LogP contribution is 2.23. The Balaban J connectivity index is 1.63. The number of imidazole rings is 1. The fraction of sp³-hybridized carbons (Fsp3) is 0.0870. The first kappa shape index (κ1) is 17.7. The molecule has 0 bridgehead atoms. The zero-order valence-electron chi connectivity index (χ0n) is 15.6. The highest BCUT2D eigenvalue weighted by molar-refractivity contribution is 6.06. The quantitative estimate of drug-likeness (QED) is 0.526. The molecule has 28 heavy (non-hydrogen) atoms. The summed E-state index contributed by atoms with van der Waals surface area (Å²) in [5.74, 6) is 0.635. The number of Topliss-reactive ketones (excluding diaryl/α,β-unsaturated/α-hetero) is 1. The largest absolute Gasteiger partial charge is 0.322 e. The summed E-state index contributed by atoms with van der Waals surface area (Å²) in [6.07, 6.45) is 0. The van der Waals surface area contributed by atoms with Gasteiger partial charge in [0.25, 0.3) is 5.91 Å². The predicted molar refractivity (Wildman–Crippen MR) is 110 cm³/mol. The van der Waals surface area contributed by atoms with Gasteiger partial charge >= 0.3 is 0 Å². The number of amides is 1. The average molecular weight is 369 g/mol. The molecule has 0 aliphatic heterocycles. The number of carbonyl (C=O) groups excluding carboxylic acids is 2. The van der Waals surface area contributed by atoms with Crippen molar-refractivity contribution in [2.24, 2.45) is 0 Å². The Hall–Kier alpha value is -3.73. The van der Waals surface area contributed by atoms with Gasteiger partial charge in [0.2, 0.25) is 0 Å². The first-order valence-electron chi connectivity index (χ1n) is 9.00. The van der Waals surface area contributed by atoms with Crippen LogP contribution in [0.25, 0.3) is 16.7 Å². The van der Waals surface area contributed by atoms with Crippen LogP contribution in [0.2, 0.25) is 0 Å². The summed E-state index contributed by atoms with van der Waals surface area (Å²) in [4.78, 5) is 28.6. The summed E-state index contributed by atoms with van der Waals surface area (Å²) >= 11 is 0.